The van der Waals surface area contributed by atoms with E-state index in [1.165, 1.54) is 50.5 Å². The maximum Gasteiger partial charge on any atom is 0.161 e. The number of benzene rings is 1. The van der Waals surface area contributed by atoms with Gasteiger partial charge in [-0.3, -0.25) is 4.90 Å². The topological polar surface area (TPSA) is 40.2 Å². The monoisotopic (exact) mass is 447 g/mol. The molecule has 1 aliphatic carbocycles. The third-order valence-electron chi connectivity index (χ3n) is 6.87. The lowest BCUT2D eigenvalue weighted by Gasteiger charge is -2.37. The SMILES string of the molecule is CCCCOc1ccc(CCO[C@H]2CCCCC2N2CC[C@@H](OCCCC)C2)cc1OC. The van der Waals surface area contributed by atoms with Crippen molar-refractivity contribution in [2.75, 3.05) is 40.0 Å². The Bertz CT molecular complexity index is 653. The minimum atomic E-state index is 0.344. The van der Waals surface area contributed by atoms with Gasteiger partial charge < -0.3 is 18.9 Å². The molecule has 5 heteroatoms. The lowest BCUT2D eigenvalue weighted by molar-refractivity contribution is -0.0345. The van der Waals surface area contributed by atoms with Crippen LogP contribution in [0.25, 0.3) is 0 Å². The molecule has 1 unspecified atom stereocenters. The van der Waals surface area contributed by atoms with Crippen LogP contribution in [-0.2, 0) is 15.9 Å². The van der Waals surface area contributed by atoms with E-state index in [-0.39, 0.29) is 0 Å². The molecule has 1 aliphatic heterocycles. The number of ether oxygens (including phenoxy) is 4. The fraction of sp³-hybridized carbons (Fsp3) is 0.778. The Kier molecular flexibility index (Phi) is 11.1. The van der Waals surface area contributed by atoms with Crippen molar-refractivity contribution >= 4 is 0 Å². The Morgan fingerprint density at radius 3 is 2.53 bits per heavy atom. The zero-order valence-corrected chi connectivity index (χ0v) is 20.7. The molecule has 0 spiro atoms. The van der Waals surface area contributed by atoms with Crippen LogP contribution in [0.4, 0.5) is 0 Å². The maximum atomic E-state index is 6.47. The van der Waals surface area contributed by atoms with Crippen molar-refractivity contribution in [3.63, 3.8) is 0 Å². The van der Waals surface area contributed by atoms with Crippen LogP contribution in [0.1, 0.15) is 77.2 Å². The van der Waals surface area contributed by atoms with E-state index < -0.39 is 0 Å². The van der Waals surface area contributed by atoms with E-state index in [1.807, 2.05) is 6.07 Å². The van der Waals surface area contributed by atoms with Crippen LogP contribution in [0.3, 0.4) is 0 Å². The summed E-state index contributed by atoms with van der Waals surface area (Å²) in [6, 6.07) is 6.83. The molecule has 0 bridgehead atoms. The highest BCUT2D eigenvalue weighted by atomic mass is 16.5. The summed E-state index contributed by atoms with van der Waals surface area (Å²) in [5, 5.41) is 0. The van der Waals surface area contributed by atoms with Gasteiger partial charge in [-0.2, -0.15) is 0 Å². The molecule has 0 aromatic heterocycles. The quantitative estimate of drug-likeness (QED) is 0.345. The van der Waals surface area contributed by atoms with Crippen molar-refractivity contribution in [3.8, 4) is 11.5 Å². The van der Waals surface area contributed by atoms with Gasteiger partial charge in [0.15, 0.2) is 11.5 Å². The van der Waals surface area contributed by atoms with E-state index in [0.717, 1.165) is 63.7 Å². The number of hydrogen-bond acceptors (Lipinski definition) is 5. The first-order valence-electron chi connectivity index (χ1n) is 13.0. The minimum absolute atomic E-state index is 0.344. The van der Waals surface area contributed by atoms with Gasteiger partial charge in [-0.1, -0.05) is 45.6 Å². The highest BCUT2D eigenvalue weighted by molar-refractivity contribution is 5.43. The third-order valence-corrected chi connectivity index (χ3v) is 6.87. The summed E-state index contributed by atoms with van der Waals surface area (Å²) in [6.07, 6.45) is 12.4. The fourth-order valence-corrected chi connectivity index (χ4v) is 4.92. The highest BCUT2D eigenvalue weighted by Crippen LogP contribution is 2.30. The van der Waals surface area contributed by atoms with Crippen molar-refractivity contribution < 1.29 is 18.9 Å². The summed E-state index contributed by atoms with van der Waals surface area (Å²) in [7, 11) is 1.71. The lowest BCUT2D eigenvalue weighted by atomic mass is 9.91. The van der Waals surface area contributed by atoms with Gasteiger partial charge >= 0.3 is 0 Å². The third kappa shape index (κ3) is 7.64. The minimum Gasteiger partial charge on any atom is -0.493 e. The fourth-order valence-electron chi connectivity index (χ4n) is 4.92. The molecule has 1 aromatic carbocycles. The van der Waals surface area contributed by atoms with Crippen LogP contribution >= 0.6 is 0 Å². The molecule has 3 atom stereocenters. The average molecular weight is 448 g/mol. The Hall–Kier alpha value is -1.30. The zero-order chi connectivity index (χ0) is 22.6. The Labute approximate surface area is 195 Å². The van der Waals surface area contributed by atoms with Crippen molar-refractivity contribution in [1.29, 1.82) is 0 Å². The Morgan fingerprint density at radius 2 is 1.72 bits per heavy atom. The van der Waals surface area contributed by atoms with Gasteiger partial charge in [-0.25, -0.2) is 0 Å². The van der Waals surface area contributed by atoms with Crippen LogP contribution in [0, 0.1) is 0 Å². The van der Waals surface area contributed by atoms with E-state index in [1.54, 1.807) is 7.11 Å². The van der Waals surface area contributed by atoms with Crippen LogP contribution in [0.5, 0.6) is 11.5 Å². The average Bonchev–Trinajstić information content (AvgIpc) is 3.29. The molecule has 1 heterocycles. The normalized spacial score (nSPS) is 24.0. The lowest BCUT2D eigenvalue weighted by Crippen LogP contribution is -2.46. The first-order chi connectivity index (χ1) is 15.7. The number of methoxy groups -OCH3 is 1. The maximum absolute atomic E-state index is 6.47. The van der Waals surface area contributed by atoms with Crippen molar-refractivity contribution in [2.45, 2.75) is 96.3 Å². The van der Waals surface area contributed by atoms with Gasteiger partial charge in [-0.15, -0.1) is 0 Å². The van der Waals surface area contributed by atoms with Crippen LogP contribution < -0.4 is 9.47 Å². The molecule has 32 heavy (non-hydrogen) atoms. The van der Waals surface area contributed by atoms with Gasteiger partial charge in [0.2, 0.25) is 0 Å². The van der Waals surface area contributed by atoms with E-state index in [4.69, 9.17) is 18.9 Å². The summed E-state index contributed by atoms with van der Waals surface area (Å²) in [5.74, 6) is 1.66. The molecular weight excluding hydrogens is 402 g/mol. The summed E-state index contributed by atoms with van der Waals surface area (Å²) in [5.41, 5.74) is 1.24. The molecule has 0 amide bonds. The van der Waals surface area contributed by atoms with E-state index in [0.29, 0.717) is 18.2 Å². The molecule has 0 radical (unpaired) electrons. The first-order valence-corrected chi connectivity index (χ1v) is 13.0. The molecule has 1 aromatic rings. The Balaban J connectivity index is 1.46. The van der Waals surface area contributed by atoms with Crippen LogP contribution in [0.2, 0.25) is 0 Å². The summed E-state index contributed by atoms with van der Waals surface area (Å²) >= 11 is 0. The van der Waals surface area contributed by atoms with Crippen molar-refractivity contribution in [2.24, 2.45) is 0 Å². The Morgan fingerprint density at radius 1 is 0.906 bits per heavy atom. The second-order valence-corrected chi connectivity index (χ2v) is 9.33. The molecule has 2 fully saturated rings. The molecule has 0 N–H and O–H groups in total. The number of rotatable bonds is 14. The molecule has 1 saturated heterocycles. The summed E-state index contributed by atoms with van der Waals surface area (Å²) in [6.45, 7) is 9.02. The smallest absolute Gasteiger partial charge is 0.161 e. The first kappa shape index (κ1) is 25.3. The molecule has 1 saturated carbocycles. The number of unbranched alkanes of at least 4 members (excludes halogenated alkanes) is 2. The van der Waals surface area contributed by atoms with Gasteiger partial charge in [0.1, 0.15) is 0 Å². The molecule has 182 valence electrons. The predicted octanol–water partition coefficient (Wildman–Crippen LogP) is 5.64. The van der Waals surface area contributed by atoms with Gasteiger partial charge in [0, 0.05) is 25.7 Å². The van der Waals surface area contributed by atoms with Gasteiger partial charge in [0.25, 0.3) is 0 Å². The van der Waals surface area contributed by atoms with Gasteiger partial charge in [0.05, 0.1) is 32.5 Å². The summed E-state index contributed by atoms with van der Waals surface area (Å²) in [4.78, 5) is 2.64. The number of nitrogens with zero attached hydrogens (tertiary/aromatic N) is 1. The van der Waals surface area contributed by atoms with E-state index >= 15 is 0 Å². The number of hydrogen-bond donors (Lipinski definition) is 0. The van der Waals surface area contributed by atoms with Gasteiger partial charge in [-0.05, 0) is 56.2 Å². The standard InChI is InChI=1S/C27H45NO4/c1-4-6-17-30-23-14-16-28(21-23)24-10-8-9-11-25(24)32-19-15-22-12-13-26(27(20-22)29-3)31-18-7-5-2/h12-13,20,23-25H,4-11,14-19,21H2,1-3H3/t23-,24?,25+/m1/s1. The van der Waals surface area contributed by atoms with E-state index in [9.17, 15) is 0 Å². The molecule has 2 aliphatic rings. The second-order valence-electron chi connectivity index (χ2n) is 9.33. The zero-order valence-electron chi connectivity index (χ0n) is 20.7. The predicted molar refractivity (Wildman–Crippen MR) is 130 cm³/mol. The largest absolute Gasteiger partial charge is 0.493 e. The molecule has 5 nitrogen and oxygen atoms in total. The van der Waals surface area contributed by atoms with Crippen LogP contribution in [0.15, 0.2) is 18.2 Å². The summed E-state index contributed by atoms with van der Waals surface area (Å²) < 4.78 is 24.0. The van der Waals surface area contributed by atoms with E-state index in [2.05, 4.69) is 30.9 Å². The second kappa shape index (κ2) is 14.1. The van der Waals surface area contributed by atoms with Crippen molar-refractivity contribution in [3.05, 3.63) is 23.8 Å². The molecule has 3 rings (SSSR count). The van der Waals surface area contributed by atoms with Crippen LogP contribution in [-0.4, -0.2) is 63.2 Å². The molecular formula is C27H45NO4. The highest BCUT2D eigenvalue weighted by Gasteiger charge is 2.35. The van der Waals surface area contributed by atoms with Crippen molar-refractivity contribution in [1.82, 2.24) is 4.90 Å². The number of likely N-dealkylation sites (tertiary alicyclic amines) is 1.